The van der Waals surface area contributed by atoms with E-state index in [1.165, 1.54) is 12.8 Å². The van der Waals surface area contributed by atoms with Crippen LogP contribution in [0.3, 0.4) is 0 Å². The first kappa shape index (κ1) is 9.27. The predicted molar refractivity (Wildman–Crippen MR) is 57.9 cm³/mol. The van der Waals surface area contributed by atoms with Crippen molar-refractivity contribution >= 4 is 11.5 Å². The number of hydrogen-bond acceptors (Lipinski definition) is 4. The van der Waals surface area contributed by atoms with Gasteiger partial charge in [0.1, 0.15) is 5.82 Å². The van der Waals surface area contributed by atoms with Gasteiger partial charge in [-0.25, -0.2) is 10.8 Å². The fourth-order valence-electron chi connectivity index (χ4n) is 1.33. The van der Waals surface area contributed by atoms with Crippen LogP contribution in [0, 0.1) is 5.41 Å². The molecule has 4 N–H and O–H groups in total. The van der Waals surface area contributed by atoms with E-state index in [0.717, 1.165) is 12.2 Å². The molecule has 1 aromatic rings. The van der Waals surface area contributed by atoms with Crippen LogP contribution in [0.25, 0.3) is 0 Å². The number of rotatable bonds is 4. The molecule has 1 fully saturated rings. The van der Waals surface area contributed by atoms with Crippen LogP contribution in [0.4, 0.5) is 11.5 Å². The van der Waals surface area contributed by atoms with Gasteiger partial charge in [-0.3, -0.25) is 0 Å². The summed E-state index contributed by atoms with van der Waals surface area (Å²) in [7, 11) is 0. The number of nitrogen functional groups attached to an aromatic ring is 1. The number of anilines is 2. The van der Waals surface area contributed by atoms with Crippen LogP contribution in [-0.2, 0) is 0 Å². The Labute approximate surface area is 83.9 Å². The van der Waals surface area contributed by atoms with Crippen molar-refractivity contribution in [3.8, 4) is 0 Å². The Bertz CT molecular complexity index is 320. The molecule has 0 amide bonds. The first-order chi connectivity index (χ1) is 6.72. The molecule has 1 saturated carbocycles. The van der Waals surface area contributed by atoms with Crippen molar-refractivity contribution in [1.29, 1.82) is 0 Å². The standard InChI is InChI=1S/C10H16N4/c1-10(3-4-10)7-13-8-2-5-12-9(6-8)14-11/h2,5-6H,3-4,7,11H2,1H3,(H2,12,13,14). The predicted octanol–water partition coefficient (Wildman–Crippen LogP) is 1.58. The molecule has 0 unspecified atom stereocenters. The Hall–Kier alpha value is -1.29. The van der Waals surface area contributed by atoms with Gasteiger partial charge in [0.15, 0.2) is 0 Å². The number of nitrogens with one attached hydrogen (secondary N) is 2. The summed E-state index contributed by atoms with van der Waals surface area (Å²) < 4.78 is 0. The van der Waals surface area contributed by atoms with E-state index in [9.17, 15) is 0 Å². The smallest absolute Gasteiger partial charge is 0.141 e. The van der Waals surface area contributed by atoms with E-state index in [-0.39, 0.29) is 0 Å². The molecule has 1 aliphatic rings. The van der Waals surface area contributed by atoms with Gasteiger partial charge < -0.3 is 10.7 Å². The van der Waals surface area contributed by atoms with E-state index >= 15 is 0 Å². The SMILES string of the molecule is CC1(CNc2ccnc(NN)c2)CC1. The summed E-state index contributed by atoms with van der Waals surface area (Å²) in [5.41, 5.74) is 4.11. The molecule has 0 atom stereocenters. The molecule has 4 nitrogen and oxygen atoms in total. The van der Waals surface area contributed by atoms with Gasteiger partial charge in [0.2, 0.25) is 0 Å². The average molecular weight is 192 g/mol. The quantitative estimate of drug-likeness (QED) is 0.500. The van der Waals surface area contributed by atoms with E-state index < -0.39 is 0 Å². The number of hydrogen-bond donors (Lipinski definition) is 3. The second kappa shape index (κ2) is 3.46. The van der Waals surface area contributed by atoms with Crippen LogP contribution < -0.4 is 16.6 Å². The molecule has 1 aliphatic carbocycles. The first-order valence-corrected chi connectivity index (χ1v) is 4.88. The molecular formula is C10H16N4. The van der Waals surface area contributed by atoms with Gasteiger partial charge in [-0.1, -0.05) is 6.92 Å². The van der Waals surface area contributed by atoms with Crippen molar-refractivity contribution in [3.63, 3.8) is 0 Å². The lowest BCUT2D eigenvalue weighted by Gasteiger charge is -2.11. The Morgan fingerprint density at radius 2 is 2.36 bits per heavy atom. The summed E-state index contributed by atoms with van der Waals surface area (Å²) in [6.45, 7) is 3.32. The Kier molecular flexibility index (Phi) is 2.29. The highest BCUT2D eigenvalue weighted by Crippen LogP contribution is 2.44. The van der Waals surface area contributed by atoms with Crippen molar-refractivity contribution in [2.24, 2.45) is 11.3 Å². The third-order valence-electron chi connectivity index (χ3n) is 2.73. The Morgan fingerprint density at radius 1 is 1.57 bits per heavy atom. The minimum absolute atomic E-state index is 0.513. The molecule has 1 aromatic heterocycles. The summed E-state index contributed by atoms with van der Waals surface area (Å²) in [6.07, 6.45) is 4.40. The fraction of sp³-hybridized carbons (Fsp3) is 0.500. The number of pyridine rings is 1. The number of nitrogens with zero attached hydrogens (tertiary/aromatic N) is 1. The van der Waals surface area contributed by atoms with E-state index in [2.05, 4.69) is 22.7 Å². The van der Waals surface area contributed by atoms with E-state index in [0.29, 0.717) is 11.2 Å². The van der Waals surface area contributed by atoms with Crippen molar-refractivity contribution in [2.45, 2.75) is 19.8 Å². The van der Waals surface area contributed by atoms with E-state index in [1.807, 2.05) is 12.1 Å². The zero-order valence-corrected chi connectivity index (χ0v) is 8.38. The maximum absolute atomic E-state index is 5.27. The van der Waals surface area contributed by atoms with Crippen molar-refractivity contribution in [3.05, 3.63) is 18.3 Å². The van der Waals surface area contributed by atoms with Crippen LogP contribution in [0.15, 0.2) is 18.3 Å². The van der Waals surface area contributed by atoms with Crippen LogP contribution in [0.2, 0.25) is 0 Å². The zero-order chi connectivity index (χ0) is 10.0. The minimum atomic E-state index is 0.513. The summed E-state index contributed by atoms with van der Waals surface area (Å²) in [5, 5.41) is 3.39. The summed E-state index contributed by atoms with van der Waals surface area (Å²) in [6, 6.07) is 3.86. The molecule has 1 heterocycles. The zero-order valence-electron chi connectivity index (χ0n) is 8.38. The Morgan fingerprint density at radius 3 is 3.00 bits per heavy atom. The summed E-state index contributed by atoms with van der Waals surface area (Å²) in [5.74, 6) is 5.96. The molecule has 4 heteroatoms. The molecule has 0 aromatic carbocycles. The monoisotopic (exact) mass is 192 g/mol. The molecule has 14 heavy (non-hydrogen) atoms. The number of nitrogens with two attached hydrogens (primary N) is 1. The largest absolute Gasteiger partial charge is 0.384 e. The minimum Gasteiger partial charge on any atom is -0.384 e. The lowest BCUT2D eigenvalue weighted by atomic mass is 10.1. The molecule has 0 aliphatic heterocycles. The van der Waals surface area contributed by atoms with Crippen LogP contribution in [0.5, 0.6) is 0 Å². The first-order valence-electron chi connectivity index (χ1n) is 4.88. The van der Waals surface area contributed by atoms with Crippen molar-refractivity contribution < 1.29 is 0 Å². The van der Waals surface area contributed by atoms with Gasteiger partial charge in [-0.05, 0) is 24.3 Å². The van der Waals surface area contributed by atoms with E-state index in [1.54, 1.807) is 6.20 Å². The van der Waals surface area contributed by atoms with Crippen molar-refractivity contribution in [2.75, 3.05) is 17.3 Å². The van der Waals surface area contributed by atoms with Gasteiger partial charge >= 0.3 is 0 Å². The molecule has 0 saturated heterocycles. The highest BCUT2D eigenvalue weighted by Gasteiger charge is 2.36. The molecule has 0 radical (unpaired) electrons. The molecule has 76 valence electrons. The van der Waals surface area contributed by atoms with Crippen LogP contribution in [0.1, 0.15) is 19.8 Å². The molecule has 0 spiro atoms. The lowest BCUT2D eigenvalue weighted by molar-refractivity contribution is 0.611. The lowest BCUT2D eigenvalue weighted by Crippen LogP contribution is -2.13. The molecular weight excluding hydrogens is 176 g/mol. The van der Waals surface area contributed by atoms with Gasteiger partial charge in [0.25, 0.3) is 0 Å². The van der Waals surface area contributed by atoms with Gasteiger partial charge in [0.05, 0.1) is 0 Å². The average Bonchev–Trinajstić information content (AvgIpc) is 2.95. The number of hydrazine groups is 1. The maximum Gasteiger partial charge on any atom is 0.141 e. The van der Waals surface area contributed by atoms with Gasteiger partial charge in [-0.15, -0.1) is 0 Å². The third kappa shape index (κ3) is 2.14. The Balaban J connectivity index is 1.94. The normalized spacial score (nSPS) is 17.6. The highest BCUT2D eigenvalue weighted by atomic mass is 15.2. The maximum atomic E-state index is 5.27. The summed E-state index contributed by atoms with van der Waals surface area (Å²) >= 11 is 0. The topological polar surface area (TPSA) is 63.0 Å². The van der Waals surface area contributed by atoms with Gasteiger partial charge in [0, 0.05) is 24.5 Å². The van der Waals surface area contributed by atoms with E-state index in [4.69, 9.17) is 5.84 Å². The van der Waals surface area contributed by atoms with Crippen LogP contribution >= 0.6 is 0 Å². The van der Waals surface area contributed by atoms with Crippen molar-refractivity contribution in [1.82, 2.24) is 4.98 Å². The second-order valence-electron chi connectivity index (χ2n) is 4.24. The fourth-order valence-corrected chi connectivity index (χ4v) is 1.33. The second-order valence-corrected chi connectivity index (χ2v) is 4.24. The van der Waals surface area contributed by atoms with Crippen LogP contribution in [-0.4, -0.2) is 11.5 Å². The number of aromatic nitrogens is 1. The summed E-state index contributed by atoms with van der Waals surface area (Å²) in [4.78, 5) is 4.04. The molecule has 2 rings (SSSR count). The highest BCUT2D eigenvalue weighted by molar-refractivity contribution is 5.51. The van der Waals surface area contributed by atoms with Gasteiger partial charge in [-0.2, -0.15) is 0 Å². The molecule has 0 bridgehead atoms. The third-order valence-corrected chi connectivity index (χ3v) is 2.73.